The average molecular weight is 166 g/mol. The fourth-order valence-electron chi connectivity index (χ4n) is 0.870. The van der Waals surface area contributed by atoms with Crippen LogP contribution in [-0.2, 0) is 9.26 Å². The molecular weight excluding hydrogens is 155 g/mol. The van der Waals surface area contributed by atoms with Gasteiger partial charge < -0.3 is 9.26 Å². The van der Waals surface area contributed by atoms with Crippen molar-refractivity contribution in [2.24, 2.45) is 5.92 Å². The first-order chi connectivity index (χ1) is 4.43. The molecule has 9 heavy (non-hydrogen) atoms. The van der Waals surface area contributed by atoms with Crippen molar-refractivity contribution in [1.29, 1.82) is 0 Å². The topological polar surface area (TPSA) is 18.5 Å². The summed E-state index contributed by atoms with van der Waals surface area (Å²) in [5.74, 6) is 0.629. The van der Waals surface area contributed by atoms with Crippen LogP contribution in [0.3, 0.4) is 0 Å². The molecule has 1 rings (SSSR count). The van der Waals surface area contributed by atoms with Crippen molar-refractivity contribution in [2.45, 2.75) is 6.42 Å². The fraction of sp³-hybridized carbons (Fsp3) is 1.00. The SMILES string of the molecule is SPOCC1CCOC1. The average Bonchev–Trinajstić information content (AvgIpc) is 2.34. The maximum atomic E-state index is 5.15. The smallest absolute Gasteiger partial charge is 0.0713 e. The van der Waals surface area contributed by atoms with E-state index in [-0.39, 0.29) is 0 Å². The van der Waals surface area contributed by atoms with Crippen LogP contribution < -0.4 is 0 Å². The van der Waals surface area contributed by atoms with E-state index in [0.29, 0.717) is 13.9 Å². The highest BCUT2D eigenvalue weighted by molar-refractivity contribution is 8.36. The standard InChI is InChI=1S/C5H11O2PS/c9-8-7-4-5-1-2-6-3-5/h5,8-9H,1-4H2. The summed E-state index contributed by atoms with van der Waals surface area (Å²) in [6, 6.07) is 0. The lowest BCUT2D eigenvalue weighted by Crippen LogP contribution is -2.04. The third-order valence-electron chi connectivity index (χ3n) is 1.41. The van der Waals surface area contributed by atoms with Crippen LogP contribution >= 0.6 is 20.3 Å². The Kier molecular flexibility index (Phi) is 3.91. The Balaban J connectivity index is 1.98. The zero-order chi connectivity index (χ0) is 6.53. The molecule has 0 bridgehead atoms. The molecule has 0 amide bonds. The number of thiol groups is 1. The molecule has 2 nitrogen and oxygen atoms in total. The molecule has 1 aliphatic rings. The highest BCUT2D eigenvalue weighted by Crippen LogP contribution is 2.21. The lowest BCUT2D eigenvalue weighted by Gasteiger charge is -2.04. The van der Waals surface area contributed by atoms with Crippen LogP contribution in [0.2, 0.25) is 0 Å². The van der Waals surface area contributed by atoms with Gasteiger partial charge in [0.15, 0.2) is 0 Å². The van der Waals surface area contributed by atoms with Crippen LogP contribution in [0.25, 0.3) is 0 Å². The number of ether oxygens (including phenoxy) is 1. The van der Waals surface area contributed by atoms with Gasteiger partial charge in [-0.15, -0.1) is 12.2 Å². The van der Waals surface area contributed by atoms with Crippen molar-refractivity contribution in [3.8, 4) is 0 Å². The maximum Gasteiger partial charge on any atom is 0.0713 e. The van der Waals surface area contributed by atoms with Crippen molar-refractivity contribution in [3.05, 3.63) is 0 Å². The molecule has 54 valence electrons. The van der Waals surface area contributed by atoms with Gasteiger partial charge in [0, 0.05) is 12.5 Å². The molecule has 0 aromatic rings. The quantitative estimate of drug-likeness (QED) is 0.505. The van der Waals surface area contributed by atoms with E-state index in [1.54, 1.807) is 0 Å². The predicted octanol–water partition coefficient (Wildman–Crippen LogP) is 1.48. The summed E-state index contributed by atoms with van der Waals surface area (Å²) in [6.45, 7) is 2.60. The molecule has 0 aromatic carbocycles. The molecule has 4 heteroatoms. The van der Waals surface area contributed by atoms with E-state index in [1.807, 2.05) is 0 Å². The minimum Gasteiger partial charge on any atom is -0.381 e. The third-order valence-corrected chi connectivity index (χ3v) is 2.09. The Labute approximate surface area is 62.3 Å². The van der Waals surface area contributed by atoms with Crippen LogP contribution in [0.5, 0.6) is 0 Å². The Morgan fingerprint density at radius 1 is 1.78 bits per heavy atom. The molecule has 0 aliphatic carbocycles. The Hall–Kier alpha value is 0.700. The van der Waals surface area contributed by atoms with Gasteiger partial charge in [-0.1, -0.05) is 0 Å². The van der Waals surface area contributed by atoms with Crippen LogP contribution in [0, 0.1) is 5.92 Å². The van der Waals surface area contributed by atoms with Crippen LogP contribution in [0.4, 0.5) is 0 Å². The molecule has 1 fully saturated rings. The second-order valence-electron chi connectivity index (χ2n) is 2.13. The first kappa shape index (κ1) is 7.80. The van der Waals surface area contributed by atoms with E-state index < -0.39 is 0 Å². The molecule has 1 saturated heterocycles. The van der Waals surface area contributed by atoms with Gasteiger partial charge >= 0.3 is 0 Å². The molecular formula is C5H11O2PS. The van der Waals surface area contributed by atoms with Crippen LogP contribution in [0.1, 0.15) is 6.42 Å². The van der Waals surface area contributed by atoms with Gasteiger partial charge in [-0.25, -0.2) is 0 Å². The number of hydrogen-bond donors (Lipinski definition) is 1. The second-order valence-corrected chi connectivity index (χ2v) is 3.15. The number of hydrogen-bond acceptors (Lipinski definition) is 3. The summed E-state index contributed by atoms with van der Waals surface area (Å²) in [6.07, 6.45) is 1.15. The fourth-order valence-corrected chi connectivity index (χ4v) is 1.40. The van der Waals surface area contributed by atoms with Crippen molar-refractivity contribution < 1.29 is 9.26 Å². The molecule has 1 aliphatic heterocycles. The molecule has 0 aromatic heterocycles. The predicted molar refractivity (Wildman–Crippen MR) is 42.2 cm³/mol. The molecule has 0 saturated carbocycles. The normalized spacial score (nSPS) is 28.3. The van der Waals surface area contributed by atoms with Gasteiger partial charge in [-0.2, -0.15) is 0 Å². The Morgan fingerprint density at radius 2 is 2.67 bits per heavy atom. The summed E-state index contributed by atoms with van der Waals surface area (Å²) in [5.41, 5.74) is 0. The van der Waals surface area contributed by atoms with Crippen molar-refractivity contribution in [1.82, 2.24) is 0 Å². The largest absolute Gasteiger partial charge is 0.381 e. The third kappa shape index (κ3) is 2.85. The molecule has 2 atom stereocenters. The summed E-state index contributed by atoms with van der Waals surface area (Å²) < 4.78 is 10.3. The summed E-state index contributed by atoms with van der Waals surface area (Å²) in [7, 11) is 0.323. The van der Waals surface area contributed by atoms with E-state index in [9.17, 15) is 0 Å². The van der Waals surface area contributed by atoms with E-state index >= 15 is 0 Å². The van der Waals surface area contributed by atoms with Crippen molar-refractivity contribution >= 4 is 20.3 Å². The van der Waals surface area contributed by atoms with Gasteiger partial charge in [-0.05, 0) is 6.42 Å². The molecule has 1 heterocycles. The van der Waals surface area contributed by atoms with Crippen LogP contribution in [0.15, 0.2) is 0 Å². The molecule has 2 unspecified atom stereocenters. The molecule has 0 N–H and O–H groups in total. The monoisotopic (exact) mass is 166 g/mol. The minimum absolute atomic E-state index is 0.323. The molecule has 0 spiro atoms. The zero-order valence-electron chi connectivity index (χ0n) is 5.17. The van der Waals surface area contributed by atoms with E-state index in [0.717, 1.165) is 26.2 Å². The van der Waals surface area contributed by atoms with Gasteiger partial charge in [0.1, 0.15) is 0 Å². The van der Waals surface area contributed by atoms with E-state index in [4.69, 9.17) is 9.26 Å². The Bertz CT molecular complexity index is 75.4. The van der Waals surface area contributed by atoms with Crippen molar-refractivity contribution in [2.75, 3.05) is 19.8 Å². The zero-order valence-corrected chi connectivity index (χ0v) is 7.06. The van der Waals surface area contributed by atoms with Gasteiger partial charge in [0.05, 0.1) is 21.2 Å². The first-order valence-electron chi connectivity index (χ1n) is 3.02. The van der Waals surface area contributed by atoms with Crippen molar-refractivity contribution in [3.63, 3.8) is 0 Å². The minimum atomic E-state index is 0.323. The lowest BCUT2D eigenvalue weighted by atomic mass is 10.1. The van der Waals surface area contributed by atoms with Gasteiger partial charge in [-0.3, -0.25) is 0 Å². The maximum absolute atomic E-state index is 5.15. The van der Waals surface area contributed by atoms with E-state index in [2.05, 4.69) is 12.2 Å². The summed E-state index contributed by atoms with van der Waals surface area (Å²) >= 11 is 3.96. The Morgan fingerprint density at radius 3 is 3.22 bits per heavy atom. The van der Waals surface area contributed by atoms with E-state index in [1.165, 1.54) is 0 Å². The first-order valence-corrected chi connectivity index (χ1v) is 5.22. The highest BCUT2D eigenvalue weighted by Gasteiger charge is 2.14. The summed E-state index contributed by atoms with van der Waals surface area (Å²) in [4.78, 5) is 0. The van der Waals surface area contributed by atoms with Crippen LogP contribution in [-0.4, -0.2) is 19.8 Å². The highest BCUT2D eigenvalue weighted by atomic mass is 32.7. The summed E-state index contributed by atoms with van der Waals surface area (Å²) in [5, 5.41) is 0. The van der Waals surface area contributed by atoms with Gasteiger partial charge in [0.25, 0.3) is 0 Å². The second kappa shape index (κ2) is 4.51. The lowest BCUT2D eigenvalue weighted by molar-refractivity contribution is 0.172. The van der Waals surface area contributed by atoms with Gasteiger partial charge in [0.2, 0.25) is 0 Å². The molecule has 0 radical (unpaired) electrons. The number of rotatable bonds is 3.